The number of carbonyl (C=O) groups excluding carboxylic acids is 1. The first-order valence-electron chi connectivity index (χ1n) is 4.76. The minimum Gasteiger partial charge on any atom is -0.479 e. The molecule has 0 amide bonds. The maximum absolute atomic E-state index is 11.4. The van der Waals surface area contributed by atoms with Crippen molar-refractivity contribution in [2.75, 3.05) is 5.33 Å². The smallest absolute Gasteiger partial charge is 0.337 e. The Bertz CT molecular complexity index is 447. The Morgan fingerprint density at radius 3 is 2.59 bits per heavy atom. The number of hydrogen-bond acceptors (Lipinski definition) is 4. The average Bonchev–Trinajstić information content (AvgIpc) is 2.30. The molecule has 0 fully saturated rings. The Hall–Kier alpha value is -0.850. The monoisotopic (exact) mass is 318 g/mol. The summed E-state index contributed by atoms with van der Waals surface area (Å²) >= 11 is 7.21. The minimum absolute atomic E-state index is 0.0462. The van der Waals surface area contributed by atoms with Gasteiger partial charge in [-0.1, -0.05) is 28.1 Å². The van der Waals surface area contributed by atoms with Crippen molar-refractivity contribution < 1.29 is 19.8 Å². The zero-order valence-electron chi connectivity index (χ0n) is 8.76. The Labute approximate surface area is 112 Å². The van der Waals surface area contributed by atoms with Gasteiger partial charge in [0.15, 0.2) is 6.10 Å². The normalized spacial score (nSPS) is 12.2. The quantitative estimate of drug-likeness (QED) is 0.569. The Morgan fingerprint density at radius 1 is 1.41 bits per heavy atom. The van der Waals surface area contributed by atoms with E-state index in [-0.39, 0.29) is 23.1 Å². The fourth-order valence-corrected chi connectivity index (χ4v) is 1.91. The first kappa shape index (κ1) is 14.2. The highest BCUT2D eigenvalue weighted by atomic mass is 79.9. The van der Waals surface area contributed by atoms with Crippen LogP contribution in [-0.2, 0) is 16.0 Å². The van der Waals surface area contributed by atoms with Crippen molar-refractivity contribution in [2.45, 2.75) is 17.4 Å². The number of ketones is 1. The van der Waals surface area contributed by atoms with Crippen LogP contribution in [0.4, 0.5) is 0 Å². The highest BCUT2D eigenvalue weighted by Crippen LogP contribution is 2.25. The predicted molar refractivity (Wildman–Crippen MR) is 68.8 cm³/mol. The molecule has 1 aromatic carbocycles. The van der Waals surface area contributed by atoms with Gasteiger partial charge in [0.1, 0.15) is 5.78 Å². The Morgan fingerprint density at radius 2 is 2.06 bits per heavy atom. The van der Waals surface area contributed by atoms with Crippen LogP contribution in [0.15, 0.2) is 23.1 Å². The van der Waals surface area contributed by atoms with Crippen molar-refractivity contribution in [1.29, 1.82) is 0 Å². The summed E-state index contributed by atoms with van der Waals surface area (Å²) in [6, 6.07) is 4.72. The molecule has 6 heteroatoms. The van der Waals surface area contributed by atoms with Gasteiger partial charge in [-0.15, -0.1) is 12.6 Å². The summed E-state index contributed by atoms with van der Waals surface area (Å²) in [6.07, 6.45) is -1.59. The highest BCUT2D eigenvalue weighted by molar-refractivity contribution is 9.09. The number of thiol groups is 1. The third-order valence-electron chi connectivity index (χ3n) is 2.24. The third-order valence-corrected chi connectivity index (χ3v) is 3.28. The Balaban J connectivity index is 3.17. The van der Waals surface area contributed by atoms with E-state index in [1.54, 1.807) is 12.1 Å². The van der Waals surface area contributed by atoms with Gasteiger partial charge in [0.05, 0.1) is 5.33 Å². The van der Waals surface area contributed by atoms with Crippen LogP contribution < -0.4 is 0 Å². The molecule has 0 spiro atoms. The van der Waals surface area contributed by atoms with E-state index in [0.717, 1.165) is 0 Å². The van der Waals surface area contributed by atoms with Gasteiger partial charge < -0.3 is 10.2 Å². The SMILES string of the molecule is O=C(CBr)Cc1c(S)cccc1C(O)C(=O)O. The van der Waals surface area contributed by atoms with E-state index in [0.29, 0.717) is 10.5 Å². The molecule has 4 nitrogen and oxygen atoms in total. The number of aliphatic carboxylic acids is 1. The minimum atomic E-state index is -1.64. The lowest BCUT2D eigenvalue weighted by Gasteiger charge is -2.13. The van der Waals surface area contributed by atoms with Gasteiger partial charge in [-0.25, -0.2) is 4.79 Å². The second kappa shape index (κ2) is 6.18. The molecule has 1 rings (SSSR count). The predicted octanol–water partition coefficient (Wildman–Crippen LogP) is 1.60. The molecule has 92 valence electrons. The third kappa shape index (κ3) is 3.55. The summed E-state index contributed by atoms with van der Waals surface area (Å²) in [5.41, 5.74) is 0.662. The topological polar surface area (TPSA) is 74.6 Å². The van der Waals surface area contributed by atoms with Crippen molar-refractivity contribution in [3.63, 3.8) is 0 Å². The summed E-state index contributed by atoms with van der Waals surface area (Å²) in [5, 5.41) is 18.5. The molecular weight excluding hydrogens is 308 g/mol. The van der Waals surface area contributed by atoms with E-state index in [4.69, 9.17) is 5.11 Å². The van der Waals surface area contributed by atoms with Crippen LogP contribution in [0.2, 0.25) is 0 Å². The van der Waals surface area contributed by atoms with Gasteiger partial charge >= 0.3 is 5.97 Å². The zero-order chi connectivity index (χ0) is 13.0. The van der Waals surface area contributed by atoms with Crippen molar-refractivity contribution in [2.24, 2.45) is 0 Å². The van der Waals surface area contributed by atoms with Crippen LogP contribution in [0.3, 0.4) is 0 Å². The molecule has 0 aromatic heterocycles. The molecule has 0 bridgehead atoms. The van der Waals surface area contributed by atoms with Crippen LogP contribution in [0, 0.1) is 0 Å². The Kier molecular flexibility index (Phi) is 5.17. The molecule has 0 aliphatic rings. The summed E-state index contributed by atoms with van der Waals surface area (Å²) < 4.78 is 0. The van der Waals surface area contributed by atoms with Crippen LogP contribution in [0.5, 0.6) is 0 Å². The van der Waals surface area contributed by atoms with Gasteiger partial charge in [0, 0.05) is 11.3 Å². The lowest BCUT2D eigenvalue weighted by atomic mass is 9.98. The molecular formula is C11H11BrO4S. The second-order valence-electron chi connectivity index (χ2n) is 3.43. The molecule has 1 unspecified atom stereocenters. The van der Waals surface area contributed by atoms with Crippen LogP contribution in [0.1, 0.15) is 17.2 Å². The van der Waals surface area contributed by atoms with Gasteiger partial charge in [-0.2, -0.15) is 0 Å². The maximum Gasteiger partial charge on any atom is 0.337 e. The van der Waals surface area contributed by atoms with Crippen LogP contribution >= 0.6 is 28.6 Å². The molecule has 0 saturated heterocycles. The van der Waals surface area contributed by atoms with Gasteiger partial charge in [-0.3, -0.25) is 4.79 Å². The molecule has 1 atom stereocenters. The zero-order valence-corrected chi connectivity index (χ0v) is 11.2. The molecule has 0 saturated carbocycles. The molecule has 2 N–H and O–H groups in total. The first-order chi connectivity index (χ1) is 7.97. The summed E-state index contributed by atoms with van der Waals surface area (Å²) in [4.78, 5) is 22.6. The van der Waals surface area contributed by atoms with E-state index in [9.17, 15) is 14.7 Å². The van der Waals surface area contributed by atoms with E-state index in [1.807, 2.05) is 0 Å². The van der Waals surface area contributed by atoms with Crippen molar-refractivity contribution in [3.05, 3.63) is 29.3 Å². The maximum atomic E-state index is 11.4. The van der Waals surface area contributed by atoms with Crippen molar-refractivity contribution in [1.82, 2.24) is 0 Å². The lowest BCUT2D eigenvalue weighted by molar-refractivity contribution is -0.147. The van der Waals surface area contributed by atoms with Crippen molar-refractivity contribution in [3.8, 4) is 0 Å². The molecule has 17 heavy (non-hydrogen) atoms. The number of carboxylic acid groups (broad SMARTS) is 1. The molecule has 1 aromatic rings. The van der Waals surface area contributed by atoms with Crippen LogP contribution in [-0.4, -0.2) is 27.3 Å². The van der Waals surface area contributed by atoms with E-state index >= 15 is 0 Å². The fraction of sp³-hybridized carbons (Fsp3) is 0.273. The molecule has 0 aliphatic heterocycles. The summed E-state index contributed by atoms with van der Waals surface area (Å²) in [7, 11) is 0. The second-order valence-corrected chi connectivity index (χ2v) is 4.48. The van der Waals surface area contributed by atoms with E-state index in [1.165, 1.54) is 6.07 Å². The number of Topliss-reactive ketones (excluding diaryl/α,β-unsaturated/α-hetero) is 1. The number of halogens is 1. The number of aliphatic hydroxyl groups excluding tert-OH is 1. The molecule has 0 heterocycles. The standard InChI is InChI=1S/C11H11BrO4S/c12-5-6(13)4-8-7(10(14)11(15)16)2-1-3-9(8)17/h1-3,10,14,17H,4-5H2,(H,15,16). The number of hydrogen-bond donors (Lipinski definition) is 3. The molecule has 0 aliphatic carbocycles. The van der Waals surface area contributed by atoms with E-state index < -0.39 is 12.1 Å². The molecule has 0 radical (unpaired) electrons. The summed E-state index contributed by atoms with van der Waals surface area (Å²) in [6.45, 7) is 0. The number of alkyl halides is 1. The highest BCUT2D eigenvalue weighted by Gasteiger charge is 2.21. The first-order valence-corrected chi connectivity index (χ1v) is 6.33. The number of benzene rings is 1. The number of aliphatic hydroxyl groups is 1. The van der Waals surface area contributed by atoms with Crippen molar-refractivity contribution >= 4 is 40.3 Å². The van der Waals surface area contributed by atoms with Gasteiger partial charge in [-0.05, 0) is 17.2 Å². The van der Waals surface area contributed by atoms with Gasteiger partial charge in [0.2, 0.25) is 0 Å². The fourth-order valence-electron chi connectivity index (χ4n) is 1.42. The number of rotatable bonds is 5. The average molecular weight is 319 g/mol. The van der Waals surface area contributed by atoms with Gasteiger partial charge in [0.25, 0.3) is 0 Å². The van der Waals surface area contributed by atoms with Crippen LogP contribution in [0.25, 0.3) is 0 Å². The largest absolute Gasteiger partial charge is 0.479 e. The summed E-state index contributed by atoms with van der Waals surface area (Å²) in [5.74, 6) is -1.46. The lowest BCUT2D eigenvalue weighted by Crippen LogP contribution is -2.15. The van der Waals surface area contributed by atoms with E-state index in [2.05, 4.69) is 28.6 Å². The number of carboxylic acids is 1. The number of carbonyl (C=O) groups is 2.